The third-order valence-electron chi connectivity index (χ3n) is 14.2. The van der Waals surface area contributed by atoms with Gasteiger partial charge in [0.1, 0.15) is 0 Å². The highest BCUT2D eigenvalue weighted by Gasteiger charge is 2.40. The van der Waals surface area contributed by atoms with Crippen molar-refractivity contribution in [2.75, 3.05) is 4.90 Å². The molecule has 2 heteroatoms. The maximum Gasteiger partial charge on any atom is 0.0547 e. The fraction of sp³-hybridized carbons (Fsp3) is 0.153. The Morgan fingerprint density at radius 3 is 2.21 bits per heavy atom. The summed E-state index contributed by atoms with van der Waals surface area (Å²) in [7, 11) is 0. The second-order valence-electron chi connectivity index (χ2n) is 18.2. The van der Waals surface area contributed by atoms with Crippen LogP contribution in [-0.2, 0) is 10.8 Å². The van der Waals surface area contributed by atoms with E-state index in [1.54, 1.807) is 0 Å². The van der Waals surface area contributed by atoms with Gasteiger partial charge in [0.2, 0.25) is 0 Å². The fourth-order valence-corrected chi connectivity index (χ4v) is 11.2. The predicted octanol–water partition coefficient (Wildman–Crippen LogP) is 13.0. The average Bonchev–Trinajstić information content (AvgIpc) is 3.77. The normalized spacial score (nSPS) is 16.4. The van der Waals surface area contributed by atoms with E-state index in [2.05, 4.69) is 219 Å². The van der Waals surface area contributed by atoms with Crippen LogP contribution in [-0.4, -0.2) is 4.57 Å². The summed E-state index contributed by atoms with van der Waals surface area (Å²) in [4.78, 5) is 2.59. The maximum absolute atomic E-state index is 3.77. The molecule has 0 N–H and O–H groups in total. The van der Waals surface area contributed by atoms with E-state index >= 15 is 0 Å². The first-order valence-electron chi connectivity index (χ1n) is 21.8. The molecule has 1 heterocycles. The zero-order valence-electron chi connectivity index (χ0n) is 35.2. The van der Waals surface area contributed by atoms with Crippen molar-refractivity contribution in [2.45, 2.75) is 57.8 Å². The summed E-state index contributed by atoms with van der Waals surface area (Å²) in [6.45, 7) is 9.54. The van der Waals surface area contributed by atoms with Gasteiger partial charge in [0, 0.05) is 55.0 Å². The largest absolute Gasteiger partial charge is 0.312 e. The highest BCUT2D eigenvalue weighted by Crippen LogP contribution is 2.55. The molecule has 0 spiro atoms. The molecule has 0 amide bonds. The maximum atomic E-state index is 3.77. The van der Waals surface area contributed by atoms with Crippen LogP contribution < -0.4 is 15.3 Å². The van der Waals surface area contributed by atoms with Gasteiger partial charge in [0.15, 0.2) is 0 Å². The van der Waals surface area contributed by atoms with E-state index in [1.165, 1.54) is 88.6 Å². The number of aromatic nitrogens is 1. The lowest BCUT2D eigenvalue weighted by molar-refractivity contribution is 0.651. The van der Waals surface area contributed by atoms with E-state index in [9.17, 15) is 0 Å². The molecular formula is C59H46N2. The van der Waals surface area contributed by atoms with Crippen LogP contribution in [0.15, 0.2) is 175 Å². The van der Waals surface area contributed by atoms with Crippen molar-refractivity contribution < 1.29 is 0 Å². The molecule has 0 radical (unpaired) electrons. The van der Waals surface area contributed by atoms with Crippen LogP contribution in [0.2, 0.25) is 0 Å². The van der Waals surface area contributed by atoms with Gasteiger partial charge in [-0.3, -0.25) is 0 Å². The first kappa shape index (κ1) is 35.8. The van der Waals surface area contributed by atoms with Gasteiger partial charge in [-0.2, -0.15) is 0 Å². The van der Waals surface area contributed by atoms with Crippen molar-refractivity contribution in [1.29, 1.82) is 0 Å². The molecule has 8 aromatic rings. The fourth-order valence-electron chi connectivity index (χ4n) is 11.2. The summed E-state index contributed by atoms with van der Waals surface area (Å²) in [5, 5.41) is 4.86. The molecule has 2 nitrogen and oxygen atoms in total. The minimum absolute atomic E-state index is 0.0772. The highest BCUT2D eigenvalue weighted by atomic mass is 15.2. The number of nitrogens with zero attached hydrogens (tertiary/aromatic N) is 2. The number of rotatable bonds is 5. The van der Waals surface area contributed by atoms with Crippen molar-refractivity contribution in [3.05, 3.63) is 214 Å². The van der Waals surface area contributed by atoms with E-state index in [-0.39, 0.29) is 10.8 Å². The molecule has 0 saturated carbocycles. The summed E-state index contributed by atoms with van der Waals surface area (Å²) in [5.41, 5.74) is 20.3. The second-order valence-corrected chi connectivity index (χ2v) is 18.2. The standard InChI is InChI=1S/C59H46N2/c1-58(2)49-26-13-10-21-43(49)48-37-40(33-35-51(48)58)61(55-31-17-28-52-57(55)47-24-11-14-27-50(47)59(52,3)4)54-30-16-25-41(42-20-8-9-22-44(42)54)38-32-34-46-45-23-12-15-29-53(45)60(56(46)36-38)39-18-6-5-7-19-39/h5-10,12-15,17-23,26-29,31-37H,11,24,30H2,1-4H3. The van der Waals surface area contributed by atoms with Crippen molar-refractivity contribution in [1.82, 2.24) is 4.57 Å². The van der Waals surface area contributed by atoms with Crippen LogP contribution in [0.3, 0.4) is 0 Å². The van der Waals surface area contributed by atoms with Gasteiger partial charge in [-0.25, -0.2) is 0 Å². The Balaban J connectivity index is 1.14. The summed E-state index contributed by atoms with van der Waals surface area (Å²) in [5.74, 6) is 7.53. The molecule has 0 unspecified atom stereocenters. The van der Waals surface area contributed by atoms with Gasteiger partial charge in [0.05, 0.1) is 23.1 Å². The Morgan fingerprint density at radius 2 is 1.33 bits per heavy atom. The van der Waals surface area contributed by atoms with E-state index in [1.807, 2.05) is 0 Å². The van der Waals surface area contributed by atoms with E-state index < -0.39 is 0 Å². The predicted molar refractivity (Wildman–Crippen MR) is 256 cm³/mol. The number of anilines is 2. The van der Waals surface area contributed by atoms with E-state index in [0.717, 1.165) is 34.9 Å². The number of benzene rings is 7. The SMILES string of the molecule is CC1(C)C2=C(CCC=C2)c2c(N(C3=c4ccccc4=C(c4ccc5c6ccccc6n(-c6ccccc6)c5c4)C#CC3)c3ccc4c(c3)-c3ccccc3C4(C)C)cccc21. The minimum Gasteiger partial charge on any atom is -0.312 e. The summed E-state index contributed by atoms with van der Waals surface area (Å²) >= 11 is 0. The number of para-hydroxylation sites is 2. The molecule has 7 aromatic carbocycles. The van der Waals surface area contributed by atoms with Gasteiger partial charge < -0.3 is 9.47 Å². The summed E-state index contributed by atoms with van der Waals surface area (Å²) in [6.07, 6.45) is 7.47. The van der Waals surface area contributed by atoms with Crippen LogP contribution in [0.4, 0.5) is 11.4 Å². The topological polar surface area (TPSA) is 8.17 Å². The van der Waals surface area contributed by atoms with Crippen molar-refractivity contribution in [3.63, 3.8) is 0 Å². The molecule has 61 heavy (non-hydrogen) atoms. The molecule has 1 aromatic heterocycles. The van der Waals surface area contributed by atoms with Crippen LogP contribution in [0.5, 0.6) is 0 Å². The van der Waals surface area contributed by atoms with Gasteiger partial charge >= 0.3 is 0 Å². The lowest BCUT2D eigenvalue weighted by Gasteiger charge is -2.31. The van der Waals surface area contributed by atoms with E-state index in [0.29, 0.717) is 6.42 Å². The molecular weight excluding hydrogens is 737 g/mol. The third kappa shape index (κ3) is 5.17. The Kier molecular flexibility index (Phi) is 7.76. The van der Waals surface area contributed by atoms with Crippen molar-refractivity contribution >= 4 is 50.0 Å². The molecule has 0 aliphatic heterocycles. The van der Waals surface area contributed by atoms with Crippen LogP contribution in [0.25, 0.3) is 55.5 Å². The number of hydrogen-bond donors (Lipinski definition) is 0. The smallest absolute Gasteiger partial charge is 0.0547 e. The average molecular weight is 783 g/mol. The molecule has 12 rings (SSSR count). The quantitative estimate of drug-likeness (QED) is 0.158. The van der Waals surface area contributed by atoms with Crippen molar-refractivity contribution in [2.24, 2.45) is 0 Å². The van der Waals surface area contributed by atoms with E-state index in [4.69, 9.17) is 0 Å². The Hall–Kier alpha value is -7.08. The first-order valence-corrected chi connectivity index (χ1v) is 21.8. The summed E-state index contributed by atoms with van der Waals surface area (Å²) in [6, 6.07) is 58.6. The van der Waals surface area contributed by atoms with Crippen molar-refractivity contribution in [3.8, 4) is 28.7 Å². The van der Waals surface area contributed by atoms with Crippen LogP contribution in [0, 0.1) is 11.8 Å². The Labute approximate surface area is 358 Å². The molecule has 0 bridgehead atoms. The third-order valence-corrected chi connectivity index (χ3v) is 14.2. The molecule has 292 valence electrons. The lowest BCUT2D eigenvalue weighted by Crippen LogP contribution is -2.34. The highest BCUT2D eigenvalue weighted by molar-refractivity contribution is 6.10. The van der Waals surface area contributed by atoms with Crippen LogP contribution >= 0.6 is 0 Å². The van der Waals surface area contributed by atoms with Gasteiger partial charge in [0.25, 0.3) is 0 Å². The molecule has 0 saturated heterocycles. The first-order chi connectivity index (χ1) is 29.8. The second kappa shape index (κ2) is 13.2. The number of allylic oxidation sites excluding steroid dienone is 4. The van der Waals surface area contributed by atoms with Gasteiger partial charge in [-0.15, -0.1) is 0 Å². The number of hydrogen-bond acceptors (Lipinski definition) is 1. The zero-order chi connectivity index (χ0) is 41.0. The molecule has 4 aliphatic rings. The minimum atomic E-state index is -0.0855. The molecule has 0 fully saturated rings. The number of fused-ring (bicyclic) bond motifs is 9. The Morgan fingerprint density at radius 1 is 0.590 bits per heavy atom. The summed E-state index contributed by atoms with van der Waals surface area (Å²) < 4.78 is 2.40. The molecule has 4 aliphatic carbocycles. The zero-order valence-corrected chi connectivity index (χ0v) is 35.2. The lowest BCUT2D eigenvalue weighted by atomic mass is 9.80. The van der Waals surface area contributed by atoms with Crippen LogP contribution in [0.1, 0.15) is 74.8 Å². The van der Waals surface area contributed by atoms with Gasteiger partial charge in [-0.1, -0.05) is 167 Å². The monoisotopic (exact) mass is 782 g/mol. The molecule has 0 atom stereocenters. The van der Waals surface area contributed by atoms with Gasteiger partial charge in [-0.05, 0) is 105 Å². The Bertz CT molecular complexity index is 3450.